The highest BCUT2D eigenvalue weighted by Crippen LogP contribution is 2.22. The molecule has 21 heavy (non-hydrogen) atoms. The molecule has 3 aromatic heterocycles. The van der Waals surface area contributed by atoms with E-state index in [0.717, 1.165) is 23.9 Å². The molecule has 0 saturated carbocycles. The predicted octanol–water partition coefficient (Wildman–Crippen LogP) is 2.14. The number of nitrogens with zero attached hydrogens (tertiary/aromatic N) is 6. The Balaban J connectivity index is 1.74. The van der Waals surface area contributed by atoms with Gasteiger partial charge in [0.25, 0.3) is 0 Å². The van der Waals surface area contributed by atoms with Crippen molar-refractivity contribution in [1.29, 1.82) is 0 Å². The van der Waals surface area contributed by atoms with Crippen LogP contribution in [0.15, 0.2) is 12.5 Å². The molecule has 0 N–H and O–H groups in total. The number of imidazole rings is 1. The summed E-state index contributed by atoms with van der Waals surface area (Å²) < 4.78 is 3.86. The van der Waals surface area contributed by atoms with E-state index in [1.807, 2.05) is 13.4 Å². The molecule has 0 spiro atoms. The van der Waals surface area contributed by atoms with Crippen molar-refractivity contribution < 1.29 is 0 Å². The molecule has 0 bridgehead atoms. The average Bonchev–Trinajstić information content (AvgIpc) is 3.05. The Morgan fingerprint density at radius 3 is 3.00 bits per heavy atom. The molecule has 0 amide bonds. The average molecular weight is 303 g/mol. The van der Waals surface area contributed by atoms with Gasteiger partial charge in [-0.15, -0.1) is 0 Å². The van der Waals surface area contributed by atoms with Gasteiger partial charge in [-0.1, -0.05) is 11.6 Å². The minimum Gasteiger partial charge on any atom is -0.327 e. The van der Waals surface area contributed by atoms with Gasteiger partial charge >= 0.3 is 0 Å². The SMILES string of the molecule is Cn1ncc2c(Cl)nc(Cn3cnc4c3CCCC4)nc21. The van der Waals surface area contributed by atoms with Crippen LogP contribution in [0, 0.1) is 0 Å². The zero-order chi connectivity index (χ0) is 14.4. The van der Waals surface area contributed by atoms with Crippen molar-refractivity contribution in [2.75, 3.05) is 0 Å². The van der Waals surface area contributed by atoms with Crippen molar-refractivity contribution in [3.63, 3.8) is 0 Å². The summed E-state index contributed by atoms with van der Waals surface area (Å²) in [5.74, 6) is 0.696. The molecule has 0 radical (unpaired) electrons. The lowest BCUT2D eigenvalue weighted by atomic mass is 10.0. The van der Waals surface area contributed by atoms with Crippen LogP contribution in [0.1, 0.15) is 30.1 Å². The number of fused-ring (bicyclic) bond motifs is 2. The van der Waals surface area contributed by atoms with E-state index in [0.29, 0.717) is 17.5 Å². The van der Waals surface area contributed by atoms with Gasteiger partial charge in [-0.25, -0.2) is 15.0 Å². The summed E-state index contributed by atoms with van der Waals surface area (Å²) in [5.41, 5.74) is 3.29. The van der Waals surface area contributed by atoms with Gasteiger partial charge in [0.05, 0.1) is 30.1 Å². The third-order valence-corrected chi connectivity index (χ3v) is 4.30. The van der Waals surface area contributed by atoms with E-state index < -0.39 is 0 Å². The quantitative estimate of drug-likeness (QED) is 0.680. The Bertz CT molecular complexity index is 818. The lowest BCUT2D eigenvalue weighted by Crippen LogP contribution is -2.11. The zero-order valence-electron chi connectivity index (χ0n) is 11.8. The molecular weight excluding hydrogens is 288 g/mol. The number of aromatic nitrogens is 6. The van der Waals surface area contributed by atoms with Gasteiger partial charge in [-0.05, 0) is 25.7 Å². The molecule has 0 aromatic carbocycles. The first-order valence-electron chi connectivity index (χ1n) is 7.09. The first-order chi connectivity index (χ1) is 10.2. The van der Waals surface area contributed by atoms with Crippen molar-refractivity contribution >= 4 is 22.6 Å². The molecule has 0 unspecified atom stereocenters. The fourth-order valence-electron chi connectivity index (χ4n) is 2.92. The minimum absolute atomic E-state index is 0.456. The maximum absolute atomic E-state index is 6.23. The molecule has 0 fully saturated rings. The van der Waals surface area contributed by atoms with Gasteiger partial charge in [0.15, 0.2) is 11.5 Å². The predicted molar refractivity (Wildman–Crippen MR) is 79.3 cm³/mol. The Kier molecular flexibility index (Phi) is 2.92. The summed E-state index contributed by atoms with van der Waals surface area (Å²) in [6.07, 6.45) is 8.19. The number of halogens is 1. The molecule has 1 aliphatic carbocycles. The fraction of sp³-hybridized carbons (Fsp3) is 0.429. The van der Waals surface area contributed by atoms with Crippen LogP contribution in [0.25, 0.3) is 11.0 Å². The highest BCUT2D eigenvalue weighted by Gasteiger charge is 2.17. The van der Waals surface area contributed by atoms with Crippen LogP contribution in [-0.2, 0) is 26.4 Å². The second-order valence-corrected chi connectivity index (χ2v) is 5.77. The van der Waals surface area contributed by atoms with Gasteiger partial charge in [0, 0.05) is 12.7 Å². The largest absolute Gasteiger partial charge is 0.327 e. The van der Waals surface area contributed by atoms with Gasteiger partial charge in [0.2, 0.25) is 0 Å². The third-order valence-electron chi connectivity index (χ3n) is 4.01. The first-order valence-corrected chi connectivity index (χ1v) is 7.47. The van der Waals surface area contributed by atoms with Gasteiger partial charge in [-0.3, -0.25) is 4.68 Å². The van der Waals surface area contributed by atoms with Crippen LogP contribution >= 0.6 is 11.6 Å². The lowest BCUT2D eigenvalue weighted by molar-refractivity contribution is 0.620. The molecule has 108 valence electrons. The number of rotatable bonds is 2. The van der Waals surface area contributed by atoms with Crippen molar-refractivity contribution in [1.82, 2.24) is 29.3 Å². The molecule has 4 rings (SSSR count). The highest BCUT2D eigenvalue weighted by atomic mass is 35.5. The zero-order valence-corrected chi connectivity index (χ0v) is 12.5. The second kappa shape index (κ2) is 4.80. The van der Waals surface area contributed by atoms with E-state index in [4.69, 9.17) is 11.6 Å². The maximum atomic E-state index is 6.23. The van der Waals surface area contributed by atoms with E-state index in [2.05, 4.69) is 24.6 Å². The summed E-state index contributed by atoms with van der Waals surface area (Å²) in [5, 5.41) is 5.42. The Morgan fingerprint density at radius 1 is 1.24 bits per heavy atom. The van der Waals surface area contributed by atoms with Gasteiger partial charge in [-0.2, -0.15) is 5.10 Å². The number of hydrogen-bond donors (Lipinski definition) is 0. The van der Waals surface area contributed by atoms with Gasteiger partial charge < -0.3 is 4.57 Å². The van der Waals surface area contributed by atoms with E-state index in [1.165, 1.54) is 24.2 Å². The van der Waals surface area contributed by atoms with Crippen LogP contribution in [-0.4, -0.2) is 29.3 Å². The number of aryl methyl sites for hydroxylation is 2. The molecule has 6 nitrogen and oxygen atoms in total. The fourth-order valence-corrected chi connectivity index (χ4v) is 3.15. The molecule has 0 atom stereocenters. The van der Waals surface area contributed by atoms with Crippen molar-refractivity contribution in [3.05, 3.63) is 34.9 Å². The highest BCUT2D eigenvalue weighted by molar-refractivity contribution is 6.33. The maximum Gasteiger partial charge on any atom is 0.162 e. The molecule has 0 aliphatic heterocycles. The molecule has 7 heteroatoms. The van der Waals surface area contributed by atoms with E-state index in [9.17, 15) is 0 Å². The second-order valence-electron chi connectivity index (χ2n) is 5.41. The van der Waals surface area contributed by atoms with Crippen molar-refractivity contribution in [2.45, 2.75) is 32.2 Å². The Labute approximate surface area is 126 Å². The lowest BCUT2D eigenvalue weighted by Gasteiger charge is -2.13. The summed E-state index contributed by atoms with van der Waals surface area (Å²) in [6, 6.07) is 0. The first kappa shape index (κ1) is 12.8. The topological polar surface area (TPSA) is 61.4 Å². The van der Waals surface area contributed by atoms with Crippen LogP contribution in [0.3, 0.4) is 0 Å². The third kappa shape index (κ3) is 2.10. The molecule has 3 heterocycles. The van der Waals surface area contributed by atoms with Crippen molar-refractivity contribution in [3.8, 4) is 0 Å². The summed E-state index contributed by atoms with van der Waals surface area (Å²) in [4.78, 5) is 13.5. The Hall–Kier alpha value is -1.95. The van der Waals surface area contributed by atoms with Gasteiger partial charge in [0.1, 0.15) is 5.15 Å². The molecular formula is C14H15ClN6. The van der Waals surface area contributed by atoms with E-state index in [1.54, 1.807) is 10.9 Å². The summed E-state index contributed by atoms with van der Waals surface area (Å²) in [6.45, 7) is 0.600. The molecule has 3 aromatic rings. The molecule has 1 aliphatic rings. The van der Waals surface area contributed by atoms with Crippen LogP contribution < -0.4 is 0 Å². The van der Waals surface area contributed by atoms with Crippen molar-refractivity contribution in [2.24, 2.45) is 7.05 Å². The normalized spacial score (nSPS) is 14.6. The standard InChI is InChI=1S/C14H15ClN6/c1-20-14-9(6-17-20)13(15)18-12(19-14)7-21-8-16-10-4-2-3-5-11(10)21/h6,8H,2-5,7H2,1H3. The van der Waals surface area contributed by atoms with Crippen LogP contribution in [0.4, 0.5) is 0 Å². The summed E-state index contributed by atoms with van der Waals surface area (Å²) in [7, 11) is 1.86. The minimum atomic E-state index is 0.456. The number of hydrogen-bond acceptors (Lipinski definition) is 4. The van der Waals surface area contributed by atoms with Crippen LogP contribution in [0.5, 0.6) is 0 Å². The van der Waals surface area contributed by atoms with E-state index in [-0.39, 0.29) is 0 Å². The molecule has 0 saturated heterocycles. The monoisotopic (exact) mass is 302 g/mol. The summed E-state index contributed by atoms with van der Waals surface area (Å²) >= 11 is 6.23. The van der Waals surface area contributed by atoms with Crippen LogP contribution in [0.2, 0.25) is 5.15 Å². The smallest absolute Gasteiger partial charge is 0.162 e. The Morgan fingerprint density at radius 2 is 2.10 bits per heavy atom. The van der Waals surface area contributed by atoms with E-state index >= 15 is 0 Å².